The van der Waals surface area contributed by atoms with Crippen LogP contribution in [0.2, 0.25) is 0 Å². The van der Waals surface area contributed by atoms with E-state index in [0.717, 1.165) is 36.9 Å². The number of aromatic nitrogens is 2. The van der Waals surface area contributed by atoms with Crippen LogP contribution in [0.4, 0.5) is 0 Å². The van der Waals surface area contributed by atoms with E-state index in [9.17, 15) is 0 Å². The van der Waals surface area contributed by atoms with Crippen molar-refractivity contribution in [3.63, 3.8) is 0 Å². The van der Waals surface area contributed by atoms with E-state index in [1.54, 1.807) is 0 Å². The Balaban J connectivity index is 1.65. The third-order valence-corrected chi connectivity index (χ3v) is 4.77. The Bertz CT molecular complexity index is 427. The lowest BCUT2D eigenvalue weighted by molar-refractivity contribution is 0.162. The number of fused-ring (bicyclic) bond motifs is 2. The molecule has 0 aliphatic carbocycles. The first-order chi connectivity index (χ1) is 9.15. The Labute approximate surface area is 116 Å². The van der Waals surface area contributed by atoms with Crippen LogP contribution < -0.4 is 5.32 Å². The molecule has 1 aromatic heterocycles. The molecule has 2 aliphatic rings. The van der Waals surface area contributed by atoms with E-state index in [1.165, 1.54) is 31.4 Å². The fourth-order valence-corrected chi connectivity index (χ4v) is 3.77. The minimum atomic E-state index is 0.735. The molecular formula is C15H26N4. The van der Waals surface area contributed by atoms with Crippen LogP contribution in [0.15, 0.2) is 6.07 Å². The number of rotatable bonds is 4. The van der Waals surface area contributed by atoms with Gasteiger partial charge in [0.1, 0.15) is 0 Å². The van der Waals surface area contributed by atoms with Crippen molar-refractivity contribution in [2.24, 2.45) is 0 Å². The van der Waals surface area contributed by atoms with Crippen LogP contribution in [0.25, 0.3) is 0 Å². The van der Waals surface area contributed by atoms with Crippen molar-refractivity contribution in [3.8, 4) is 0 Å². The van der Waals surface area contributed by atoms with Crippen molar-refractivity contribution in [2.75, 3.05) is 7.05 Å². The average Bonchev–Trinajstić information content (AvgIpc) is 2.91. The van der Waals surface area contributed by atoms with Crippen LogP contribution in [-0.4, -0.2) is 39.9 Å². The molecule has 1 N–H and O–H groups in total. The SMILES string of the molecule is CCn1nc(C)cc1CN(C)C1CC2CCC(C1)N2. The molecule has 106 valence electrons. The maximum atomic E-state index is 4.55. The molecule has 2 saturated heterocycles. The van der Waals surface area contributed by atoms with Crippen molar-refractivity contribution >= 4 is 0 Å². The zero-order valence-electron chi connectivity index (χ0n) is 12.4. The van der Waals surface area contributed by atoms with Gasteiger partial charge in [-0.3, -0.25) is 9.58 Å². The Hall–Kier alpha value is -0.870. The third-order valence-electron chi connectivity index (χ3n) is 4.77. The highest BCUT2D eigenvalue weighted by molar-refractivity contribution is 5.09. The topological polar surface area (TPSA) is 33.1 Å². The Kier molecular flexibility index (Phi) is 3.63. The molecule has 2 aliphatic heterocycles. The van der Waals surface area contributed by atoms with E-state index in [0.29, 0.717) is 0 Å². The minimum absolute atomic E-state index is 0.735. The number of nitrogens with zero attached hydrogens (tertiary/aromatic N) is 3. The van der Waals surface area contributed by atoms with Gasteiger partial charge in [0.05, 0.1) is 11.4 Å². The molecule has 0 radical (unpaired) electrons. The molecule has 0 saturated carbocycles. The predicted molar refractivity (Wildman–Crippen MR) is 77.1 cm³/mol. The molecule has 0 amide bonds. The van der Waals surface area contributed by atoms with Gasteiger partial charge in [0, 0.05) is 31.2 Å². The molecule has 3 rings (SSSR count). The monoisotopic (exact) mass is 262 g/mol. The van der Waals surface area contributed by atoms with Gasteiger partial charge in [-0.05, 0) is 52.6 Å². The van der Waals surface area contributed by atoms with Gasteiger partial charge in [-0.2, -0.15) is 5.10 Å². The zero-order chi connectivity index (χ0) is 13.4. The van der Waals surface area contributed by atoms with Crippen molar-refractivity contribution in [2.45, 2.75) is 70.7 Å². The lowest BCUT2D eigenvalue weighted by Gasteiger charge is -2.35. The quantitative estimate of drug-likeness (QED) is 0.900. The molecular weight excluding hydrogens is 236 g/mol. The van der Waals surface area contributed by atoms with Crippen LogP contribution in [0.3, 0.4) is 0 Å². The fourth-order valence-electron chi connectivity index (χ4n) is 3.77. The van der Waals surface area contributed by atoms with Gasteiger partial charge in [0.15, 0.2) is 0 Å². The van der Waals surface area contributed by atoms with Gasteiger partial charge in [-0.25, -0.2) is 0 Å². The maximum absolute atomic E-state index is 4.55. The summed E-state index contributed by atoms with van der Waals surface area (Å²) in [6, 6.07) is 4.50. The normalized spacial score (nSPS) is 30.2. The summed E-state index contributed by atoms with van der Waals surface area (Å²) in [5.41, 5.74) is 2.49. The average molecular weight is 262 g/mol. The van der Waals surface area contributed by atoms with Crippen LogP contribution in [0.1, 0.15) is 44.0 Å². The molecule has 0 spiro atoms. The van der Waals surface area contributed by atoms with Crippen LogP contribution in [-0.2, 0) is 13.1 Å². The summed E-state index contributed by atoms with van der Waals surface area (Å²) in [6.45, 7) is 6.24. The Morgan fingerprint density at radius 2 is 2.05 bits per heavy atom. The summed E-state index contributed by atoms with van der Waals surface area (Å²) >= 11 is 0. The molecule has 2 bridgehead atoms. The van der Waals surface area contributed by atoms with Crippen LogP contribution >= 0.6 is 0 Å². The van der Waals surface area contributed by atoms with Gasteiger partial charge in [-0.1, -0.05) is 0 Å². The van der Waals surface area contributed by atoms with Crippen molar-refractivity contribution in [3.05, 3.63) is 17.5 Å². The summed E-state index contributed by atoms with van der Waals surface area (Å²) in [6.07, 6.45) is 5.38. The van der Waals surface area contributed by atoms with Crippen LogP contribution in [0.5, 0.6) is 0 Å². The van der Waals surface area contributed by atoms with Crippen molar-refractivity contribution in [1.82, 2.24) is 20.0 Å². The molecule has 2 atom stereocenters. The lowest BCUT2D eigenvalue weighted by atomic mass is 9.98. The highest BCUT2D eigenvalue weighted by Gasteiger charge is 2.35. The summed E-state index contributed by atoms with van der Waals surface area (Å²) in [4.78, 5) is 2.54. The van der Waals surface area contributed by atoms with E-state index >= 15 is 0 Å². The lowest BCUT2D eigenvalue weighted by Crippen LogP contribution is -2.46. The van der Waals surface area contributed by atoms with Gasteiger partial charge in [-0.15, -0.1) is 0 Å². The van der Waals surface area contributed by atoms with Gasteiger partial charge < -0.3 is 5.32 Å². The van der Waals surface area contributed by atoms with Crippen molar-refractivity contribution < 1.29 is 0 Å². The Morgan fingerprint density at radius 3 is 2.68 bits per heavy atom. The number of piperidine rings is 1. The molecule has 19 heavy (non-hydrogen) atoms. The molecule has 4 heteroatoms. The number of nitrogens with one attached hydrogen (secondary N) is 1. The summed E-state index contributed by atoms with van der Waals surface area (Å²) in [5, 5.41) is 8.27. The molecule has 3 heterocycles. The van der Waals surface area contributed by atoms with Crippen molar-refractivity contribution in [1.29, 1.82) is 0 Å². The first kappa shape index (κ1) is 13.1. The highest BCUT2D eigenvalue weighted by atomic mass is 15.3. The largest absolute Gasteiger partial charge is 0.311 e. The summed E-state index contributed by atoms with van der Waals surface area (Å²) < 4.78 is 2.14. The molecule has 2 unspecified atom stereocenters. The smallest absolute Gasteiger partial charge is 0.0597 e. The zero-order valence-corrected chi connectivity index (χ0v) is 12.4. The van der Waals surface area contributed by atoms with E-state index in [-0.39, 0.29) is 0 Å². The molecule has 1 aromatic rings. The first-order valence-corrected chi connectivity index (χ1v) is 7.65. The van der Waals surface area contributed by atoms with E-state index in [2.05, 4.69) is 47.0 Å². The third kappa shape index (κ3) is 2.70. The number of hydrogen-bond donors (Lipinski definition) is 1. The van der Waals surface area contributed by atoms with E-state index < -0.39 is 0 Å². The fraction of sp³-hybridized carbons (Fsp3) is 0.800. The molecule has 4 nitrogen and oxygen atoms in total. The summed E-state index contributed by atoms with van der Waals surface area (Å²) in [7, 11) is 2.28. The first-order valence-electron chi connectivity index (χ1n) is 7.65. The number of aryl methyl sites for hydroxylation is 2. The van der Waals surface area contributed by atoms with Crippen LogP contribution in [0, 0.1) is 6.92 Å². The van der Waals surface area contributed by atoms with E-state index in [4.69, 9.17) is 0 Å². The summed E-state index contributed by atoms with van der Waals surface area (Å²) in [5.74, 6) is 0. The van der Waals surface area contributed by atoms with Gasteiger partial charge in [0.25, 0.3) is 0 Å². The molecule has 0 aromatic carbocycles. The van der Waals surface area contributed by atoms with Gasteiger partial charge >= 0.3 is 0 Å². The maximum Gasteiger partial charge on any atom is 0.0597 e. The predicted octanol–water partition coefficient (Wildman–Crippen LogP) is 1.93. The van der Waals surface area contributed by atoms with Gasteiger partial charge in [0.2, 0.25) is 0 Å². The standard InChI is InChI=1S/C15H26N4/c1-4-19-15(7-11(2)17-19)10-18(3)14-8-12-5-6-13(9-14)16-12/h7,12-14,16H,4-6,8-10H2,1-3H3. The second-order valence-corrected chi connectivity index (χ2v) is 6.27. The Morgan fingerprint density at radius 1 is 1.37 bits per heavy atom. The van der Waals surface area contributed by atoms with E-state index in [1.807, 2.05) is 0 Å². The molecule has 2 fully saturated rings. The second kappa shape index (κ2) is 5.25. The number of hydrogen-bond acceptors (Lipinski definition) is 3. The highest BCUT2D eigenvalue weighted by Crippen LogP contribution is 2.29. The second-order valence-electron chi connectivity index (χ2n) is 6.27. The minimum Gasteiger partial charge on any atom is -0.311 e.